The highest BCUT2D eigenvalue weighted by Gasteiger charge is 2.10. The van der Waals surface area contributed by atoms with Gasteiger partial charge in [0.25, 0.3) is 0 Å². The number of hydrogen-bond acceptors (Lipinski definition) is 3. The molecule has 1 aromatic heterocycles. The summed E-state index contributed by atoms with van der Waals surface area (Å²) in [5.41, 5.74) is 7.64. The minimum atomic E-state index is 0.283. The lowest BCUT2D eigenvalue weighted by molar-refractivity contribution is 1.27. The first kappa shape index (κ1) is 11.7. The molecule has 3 nitrogen and oxygen atoms in total. The lowest BCUT2D eigenvalue weighted by atomic mass is 10.1. The van der Waals surface area contributed by atoms with Crippen LogP contribution in [0.1, 0.15) is 5.69 Å². The molecule has 0 unspecified atom stereocenters. The summed E-state index contributed by atoms with van der Waals surface area (Å²) in [5.74, 6) is 0. The Kier molecular flexibility index (Phi) is 3.19. The van der Waals surface area contributed by atoms with Crippen molar-refractivity contribution in [2.24, 2.45) is 0 Å². The largest absolute Gasteiger partial charge is 0.397 e. The van der Waals surface area contributed by atoms with Crippen molar-refractivity contribution in [3.05, 3.63) is 46.1 Å². The first-order valence-corrected chi connectivity index (χ1v) is 5.49. The Morgan fingerprint density at radius 3 is 2.65 bits per heavy atom. The van der Waals surface area contributed by atoms with Crippen LogP contribution >= 0.6 is 23.2 Å². The number of nitrogen functional groups attached to an aromatic ring is 1. The van der Waals surface area contributed by atoms with E-state index in [0.29, 0.717) is 27.0 Å². The van der Waals surface area contributed by atoms with Crippen molar-refractivity contribution < 1.29 is 0 Å². The molecule has 0 saturated heterocycles. The van der Waals surface area contributed by atoms with Crippen molar-refractivity contribution in [3.63, 3.8) is 0 Å². The van der Waals surface area contributed by atoms with Gasteiger partial charge in [-0.05, 0) is 30.3 Å². The van der Waals surface area contributed by atoms with E-state index in [0.717, 1.165) is 0 Å². The summed E-state index contributed by atoms with van der Waals surface area (Å²) in [7, 11) is 0. The van der Waals surface area contributed by atoms with Crippen LogP contribution < -0.4 is 5.73 Å². The monoisotopic (exact) mass is 263 g/mol. The Bertz CT molecular complexity index is 618. The Balaban J connectivity index is 2.68. The van der Waals surface area contributed by atoms with Gasteiger partial charge in [0.05, 0.1) is 16.4 Å². The van der Waals surface area contributed by atoms with E-state index in [1.54, 1.807) is 30.3 Å². The summed E-state index contributed by atoms with van der Waals surface area (Å²) in [6.45, 7) is 0. The van der Waals surface area contributed by atoms with Gasteiger partial charge in [-0.3, -0.25) is 0 Å². The third-order valence-electron chi connectivity index (χ3n) is 2.22. The number of nitrogens with two attached hydrogens (primary N) is 1. The molecule has 17 heavy (non-hydrogen) atoms. The molecule has 0 amide bonds. The molecule has 5 heteroatoms. The topological polar surface area (TPSA) is 62.7 Å². The van der Waals surface area contributed by atoms with E-state index in [1.807, 2.05) is 6.07 Å². The van der Waals surface area contributed by atoms with Gasteiger partial charge in [0.15, 0.2) is 0 Å². The van der Waals surface area contributed by atoms with Gasteiger partial charge in [-0.2, -0.15) is 5.26 Å². The molecule has 0 aliphatic heterocycles. The van der Waals surface area contributed by atoms with Crippen molar-refractivity contribution in [2.45, 2.75) is 0 Å². The van der Waals surface area contributed by atoms with Crippen molar-refractivity contribution in [3.8, 4) is 17.3 Å². The number of benzene rings is 1. The summed E-state index contributed by atoms with van der Waals surface area (Å²) in [4.78, 5) is 4.13. The van der Waals surface area contributed by atoms with E-state index in [9.17, 15) is 0 Å². The second kappa shape index (κ2) is 4.62. The highest BCUT2D eigenvalue weighted by atomic mass is 35.5. The third-order valence-corrected chi connectivity index (χ3v) is 2.79. The number of rotatable bonds is 1. The number of hydrogen-bond donors (Lipinski definition) is 1. The number of nitriles is 1. The number of aromatic nitrogens is 1. The molecule has 1 aromatic carbocycles. The van der Waals surface area contributed by atoms with Gasteiger partial charge < -0.3 is 5.73 Å². The summed E-state index contributed by atoms with van der Waals surface area (Å²) >= 11 is 12.0. The van der Waals surface area contributed by atoms with Crippen LogP contribution in [0.25, 0.3) is 11.3 Å². The lowest BCUT2D eigenvalue weighted by Gasteiger charge is -2.07. The molecular formula is C12H7Cl2N3. The van der Waals surface area contributed by atoms with E-state index in [-0.39, 0.29) is 5.69 Å². The predicted molar refractivity (Wildman–Crippen MR) is 68.8 cm³/mol. The molecule has 0 bridgehead atoms. The zero-order chi connectivity index (χ0) is 12.4. The summed E-state index contributed by atoms with van der Waals surface area (Å²) in [6.07, 6.45) is 0. The highest BCUT2D eigenvalue weighted by Crippen LogP contribution is 2.32. The molecule has 1 heterocycles. The summed E-state index contributed by atoms with van der Waals surface area (Å²) in [6, 6.07) is 10.1. The first-order valence-electron chi connectivity index (χ1n) is 4.74. The predicted octanol–water partition coefficient (Wildman–Crippen LogP) is 3.51. The minimum absolute atomic E-state index is 0.283. The average Bonchev–Trinajstić information content (AvgIpc) is 2.33. The van der Waals surface area contributed by atoms with Crippen LogP contribution in [0.3, 0.4) is 0 Å². The number of halogens is 2. The maximum absolute atomic E-state index is 8.81. The first-order chi connectivity index (χ1) is 8.11. The summed E-state index contributed by atoms with van der Waals surface area (Å²) in [5, 5.41) is 9.84. The highest BCUT2D eigenvalue weighted by molar-refractivity contribution is 6.35. The van der Waals surface area contributed by atoms with E-state index in [4.69, 9.17) is 34.2 Å². The minimum Gasteiger partial charge on any atom is -0.397 e. The molecular weight excluding hydrogens is 257 g/mol. The fraction of sp³-hybridized carbons (Fsp3) is 0. The van der Waals surface area contributed by atoms with Gasteiger partial charge in [0.2, 0.25) is 0 Å². The Morgan fingerprint density at radius 1 is 1.18 bits per heavy atom. The van der Waals surface area contributed by atoms with Crippen molar-refractivity contribution >= 4 is 28.9 Å². The standard InChI is InChI=1S/C12H7Cl2N3/c13-7-1-3-10(14)9(5-7)12-11(16)4-2-8(6-15)17-12/h1-5H,16H2. The molecule has 0 fully saturated rings. The van der Waals surface area contributed by atoms with Gasteiger partial charge in [-0.1, -0.05) is 23.2 Å². The normalized spacial score (nSPS) is 9.94. The van der Waals surface area contributed by atoms with Crippen LogP contribution in [0.5, 0.6) is 0 Å². The molecule has 0 radical (unpaired) electrons. The van der Waals surface area contributed by atoms with Crippen LogP contribution in [0.4, 0.5) is 5.69 Å². The van der Waals surface area contributed by atoms with Gasteiger partial charge in [0, 0.05) is 10.6 Å². The van der Waals surface area contributed by atoms with Crippen LogP contribution in [0.2, 0.25) is 10.0 Å². The average molecular weight is 264 g/mol. The molecule has 2 N–H and O–H groups in total. The molecule has 0 aliphatic carbocycles. The van der Waals surface area contributed by atoms with Crippen LogP contribution in [0, 0.1) is 11.3 Å². The zero-order valence-corrected chi connectivity index (χ0v) is 10.1. The SMILES string of the molecule is N#Cc1ccc(N)c(-c2cc(Cl)ccc2Cl)n1. The Morgan fingerprint density at radius 2 is 1.94 bits per heavy atom. The molecule has 2 aromatic rings. The van der Waals surface area contributed by atoms with E-state index < -0.39 is 0 Å². The smallest absolute Gasteiger partial charge is 0.141 e. The van der Waals surface area contributed by atoms with Gasteiger partial charge in [-0.25, -0.2) is 4.98 Å². The van der Waals surface area contributed by atoms with Crippen LogP contribution in [-0.2, 0) is 0 Å². The third kappa shape index (κ3) is 2.33. The van der Waals surface area contributed by atoms with Crippen molar-refractivity contribution in [2.75, 3.05) is 5.73 Å². The van der Waals surface area contributed by atoms with Crippen LogP contribution in [-0.4, -0.2) is 4.98 Å². The van der Waals surface area contributed by atoms with Crippen molar-refractivity contribution in [1.82, 2.24) is 4.98 Å². The fourth-order valence-electron chi connectivity index (χ4n) is 1.43. The van der Waals surface area contributed by atoms with Crippen LogP contribution in [0.15, 0.2) is 30.3 Å². The fourth-order valence-corrected chi connectivity index (χ4v) is 1.81. The maximum atomic E-state index is 8.81. The Labute approximate surface area is 108 Å². The van der Waals surface area contributed by atoms with Gasteiger partial charge in [0.1, 0.15) is 11.8 Å². The van der Waals surface area contributed by atoms with E-state index in [2.05, 4.69) is 4.98 Å². The van der Waals surface area contributed by atoms with Crippen molar-refractivity contribution in [1.29, 1.82) is 5.26 Å². The van der Waals surface area contributed by atoms with Gasteiger partial charge in [-0.15, -0.1) is 0 Å². The molecule has 0 atom stereocenters. The van der Waals surface area contributed by atoms with Gasteiger partial charge >= 0.3 is 0 Å². The number of nitrogens with zero attached hydrogens (tertiary/aromatic N) is 2. The second-order valence-electron chi connectivity index (χ2n) is 3.37. The van der Waals surface area contributed by atoms with E-state index >= 15 is 0 Å². The zero-order valence-electron chi connectivity index (χ0n) is 8.61. The second-order valence-corrected chi connectivity index (χ2v) is 4.21. The molecule has 0 saturated carbocycles. The number of anilines is 1. The maximum Gasteiger partial charge on any atom is 0.141 e. The lowest BCUT2D eigenvalue weighted by Crippen LogP contribution is -1.96. The molecule has 2 rings (SSSR count). The quantitative estimate of drug-likeness (QED) is 0.857. The molecule has 0 spiro atoms. The Hall–Kier alpha value is -1.76. The van der Waals surface area contributed by atoms with E-state index in [1.165, 1.54) is 0 Å². The molecule has 0 aliphatic rings. The molecule has 84 valence electrons. The summed E-state index contributed by atoms with van der Waals surface area (Å²) < 4.78 is 0. The number of pyridine rings is 1.